The van der Waals surface area contributed by atoms with E-state index >= 15 is 0 Å². The number of hydrogen-bond donors (Lipinski definition) is 1. The number of fused-ring (bicyclic) bond motifs is 1. The number of hydrogen-bond acceptors (Lipinski definition) is 5. The molecule has 1 N–H and O–H groups in total. The third-order valence-corrected chi connectivity index (χ3v) is 8.47. The molecule has 3 aliphatic heterocycles. The molecule has 0 radical (unpaired) electrons. The molecule has 3 saturated heterocycles. The van der Waals surface area contributed by atoms with Crippen LogP contribution >= 0.6 is 0 Å². The lowest BCUT2D eigenvalue weighted by Crippen LogP contribution is -2.57. The Kier molecular flexibility index (Phi) is 9.04. The van der Waals surface area contributed by atoms with Gasteiger partial charge in [-0.1, -0.05) is 39.3 Å². The molecular weight excluding hydrogens is 458 g/mol. The van der Waals surface area contributed by atoms with E-state index in [1.165, 1.54) is 0 Å². The maximum atomic E-state index is 14.1. The van der Waals surface area contributed by atoms with Gasteiger partial charge in [-0.05, 0) is 38.5 Å². The number of aliphatic hydroxyl groups excluding tert-OH is 1. The third kappa shape index (κ3) is 4.51. The van der Waals surface area contributed by atoms with Gasteiger partial charge in [0.05, 0.1) is 17.4 Å². The second-order valence-electron chi connectivity index (χ2n) is 10.8. The highest BCUT2D eigenvalue weighted by molar-refractivity contribution is 5.99. The minimum atomic E-state index is -1.06. The van der Waals surface area contributed by atoms with Crippen molar-refractivity contribution in [2.75, 3.05) is 39.3 Å². The van der Waals surface area contributed by atoms with E-state index in [0.29, 0.717) is 39.0 Å². The van der Waals surface area contributed by atoms with Crippen LogP contribution in [0.3, 0.4) is 0 Å². The summed E-state index contributed by atoms with van der Waals surface area (Å²) in [6.45, 7) is 17.8. The van der Waals surface area contributed by atoms with E-state index in [2.05, 4.69) is 27.0 Å². The van der Waals surface area contributed by atoms with Gasteiger partial charge in [0.25, 0.3) is 0 Å². The SMILES string of the molecule is C=CCN(CCCC)C(=O)C1N(CCCO)C(=O)[C@@H]2[C@H](C(=O)N(CC=C)CCC)[C@@]3(C)OC12CC3C. The first-order valence-electron chi connectivity index (χ1n) is 13.6. The first-order valence-corrected chi connectivity index (χ1v) is 13.6. The highest BCUT2D eigenvalue weighted by atomic mass is 16.5. The van der Waals surface area contributed by atoms with E-state index in [4.69, 9.17) is 4.74 Å². The van der Waals surface area contributed by atoms with Crippen molar-refractivity contribution in [3.63, 3.8) is 0 Å². The Bertz CT molecular complexity index is 862. The van der Waals surface area contributed by atoms with Gasteiger partial charge in [-0.15, -0.1) is 13.2 Å². The molecule has 2 bridgehead atoms. The number of likely N-dealkylation sites (tertiary alicyclic amines) is 1. The van der Waals surface area contributed by atoms with Crippen LogP contribution in [0.4, 0.5) is 0 Å². The molecule has 3 aliphatic rings. The minimum absolute atomic E-state index is 0.000652. The van der Waals surface area contributed by atoms with Crippen molar-refractivity contribution in [3.8, 4) is 0 Å². The van der Waals surface area contributed by atoms with Crippen LogP contribution in [0.1, 0.15) is 59.8 Å². The van der Waals surface area contributed by atoms with Crippen molar-refractivity contribution >= 4 is 17.7 Å². The van der Waals surface area contributed by atoms with Gasteiger partial charge in [-0.2, -0.15) is 0 Å². The van der Waals surface area contributed by atoms with E-state index in [-0.39, 0.29) is 36.8 Å². The Morgan fingerprint density at radius 1 is 1.11 bits per heavy atom. The van der Waals surface area contributed by atoms with Gasteiger partial charge in [-0.25, -0.2) is 0 Å². The molecule has 0 aromatic carbocycles. The average molecular weight is 504 g/mol. The molecule has 6 atom stereocenters. The van der Waals surface area contributed by atoms with Crippen molar-refractivity contribution in [1.82, 2.24) is 14.7 Å². The first kappa shape index (κ1) is 28.4. The van der Waals surface area contributed by atoms with Crippen LogP contribution in [0.2, 0.25) is 0 Å². The Morgan fingerprint density at radius 3 is 2.31 bits per heavy atom. The highest BCUT2D eigenvalue weighted by Crippen LogP contribution is 2.65. The van der Waals surface area contributed by atoms with Crippen molar-refractivity contribution < 1.29 is 24.2 Å². The quantitative estimate of drug-likeness (QED) is 0.368. The zero-order valence-corrected chi connectivity index (χ0v) is 22.6. The molecule has 3 fully saturated rings. The molecule has 36 heavy (non-hydrogen) atoms. The van der Waals surface area contributed by atoms with Gasteiger partial charge in [0, 0.05) is 39.3 Å². The molecule has 3 amide bonds. The van der Waals surface area contributed by atoms with Gasteiger partial charge >= 0.3 is 0 Å². The smallest absolute Gasteiger partial charge is 0.248 e. The van der Waals surface area contributed by atoms with Gasteiger partial charge in [0.15, 0.2) is 0 Å². The van der Waals surface area contributed by atoms with Crippen LogP contribution in [0.15, 0.2) is 25.3 Å². The molecule has 0 aliphatic carbocycles. The molecule has 0 aromatic rings. The Hall–Kier alpha value is -2.19. The average Bonchev–Trinajstić information content (AvgIpc) is 3.36. The molecule has 3 heterocycles. The number of rotatable bonds is 14. The zero-order chi connectivity index (χ0) is 26.7. The van der Waals surface area contributed by atoms with Gasteiger partial charge < -0.3 is 24.5 Å². The second kappa shape index (κ2) is 11.5. The summed E-state index contributed by atoms with van der Waals surface area (Å²) in [5.74, 6) is -1.86. The summed E-state index contributed by atoms with van der Waals surface area (Å²) in [5, 5.41) is 9.55. The standard InChI is InChI=1S/C28H45N3O5/c1-7-11-16-30(15-10-4)26(35)23-28-19-20(5)27(6,36-28)21(24(33)29(13-8-2)14-9-3)22(28)25(34)31(23)17-12-18-32/h8,10,20-23,32H,2,4,7,9,11-19H2,1,3,5-6H3/t20?,21-,22+,23?,27+,28?/m1/s1. The number of ether oxygens (including phenoxy) is 1. The lowest BCUT2D eigenvalue weighted by Gasteiger charge is -2.39. The number of carbonyl (C=O) groups is 3. The largest absolute Gasteiger partial charge is 0.396 e. The monoisotopic (exact) mass is 503 g/mol. The lowest BCUT2D eigenvalue weighted by molar-refractivity contribution is -0.154. The van der Waals surface area contributed by atoms with Crippen molar-refractivity contribution in [1.29, 1.82) is 0 Å². The van der Waals surface area contributed by atoms with E-state index in [1.807, 2.05) is 13.8 Å². The molecule has 8 heteroatoms. The van der Waals surface area contributed by atoms with E-state index in [0.717, 1.165) is 19.3 Å². The topological polar surface area (TPSA) is 90.4 Å². The summed E-state index contributed by atoms with van der Waals surface area (Å²) in [5.41, 5.74) is -1.89. The highest BCUT2D eigenvalue weighted by Gasteiger charge is 2.80. The fourth-order valence-electron chi connectivity index (χ4n) is 6.76. The first-order chi connectivity index (χ1) is 17.2. The molecule has 0 saturated carbocycles. The predicted octanol–water partition coefficient (Wildman–Crippen LogP) is 2.62. The number of amides is 3. The molecule has 3 unspecified atom stereocenters. The second-order valence-corrected chi connectivity index (χ2v) is 10.8. The number of nitrogens with zero attached hydrogens (tertiary/aromatic N) is 3. The molecule has 8 nitrogen and oxygen atoms in total. The lowest BCUT2D eigenvalue weighted by atomic mass is 9.62. The maximum absolute atomic E-state index is 14.1. The summed E-state index contributed by atoms with van der Waals surface area (Å²) in [7, 11) is 0. The molecule has 202 valence electrons. The minimum Gasteiger partial charge on any atom is -0.396 e. The van der Waals surface area contributed by atoms with Crippen molar-refractivity contribution in [2.45, 2.75) is 77.0 Å². The van der Waals surface area contributed by atoms with Crippen LogP contribution in [-0.2, 0) is 19.1 Å². The summed E-state index contributed by atoms with van der Waals surface area (Å²) in [6, 6.07) is -0.820. The fourth-order valence-corrected chi connectivity index (χ4v) is 6.76. The van der Waals surface area contributed by atoms with E-state index in [1.54, 1.807) is 26.9 Å². The Morgan fingerprint density at radius 2 is 1.75 bits per heavy atom. The molecular formula is C28H45N3O5. The Balaban J connectivity index is 2.09. The van der Waals surface area contributed by atoms with Crippen LogP contribution in [-0.4, -0.2) is 94.1 Å². The maximum Gasteiger partial charge on any atom is 0.248 e. The van der Waals surface area contributed by atoms with E-state index < -0.39 is 29.1 Å². The van der Waals surface area contributed by atoms with Crippen LogP contribution < -0.4 is 0 Å². The van der Waals surface area contributed by atoms with E-state index in [9.17, 15) is 19.5 Å². The number of carbonyl (C=O) groups excluding carboxylic acids is 3. The molecule has 0 aromatic heterocycles. The predicted molar refractivity (Wildman–Crippen MR) is 139 cm³/mol. The van der Waals surface area contributed by atoms with Crippen molar-refractivity contribution in [3.05, 3.63) is 25.3 Å². The number of unbranched alkanes of at least 4 members (excludes halogenated alkanes) is 1. The fraction of sp³-hybridized carbons (Fsp3) is 0.750. The van der Waals surface area contributed by atoms with Gasteiger partial charge in [0.1, 0.15) is 11.6 Å². The number of aliphatic hydroxyl groups is 1. The summed E-state index contributed by atoms with van der Waals surface area (Å²) < 4.78 is 6.80. The third-order valence-electron chi connectivity index (χ3n) is 8.47. The van der Waals surface area contributed by atoms with Gasteiger partial charge in [0.2, 0.25) is 17.7 Å². The van der Waals surface area contributed by atoms with Crippen molar-refractivity contribution in [2.24, 2.45) is 17.8 Å². The zero-order valence-electron chi connectivity index (χ0n) is 22.6. The van der Waals surface area contributed by atoms with Crippen LogP contribution in [0, 0.1) is 17.8 Å². The molecule has 1 spiro atoms. The summed E-state index contributed by atoms with van der Waals surface area (Å²) in [6.07, 6.45) is 6.89. The van der Waals surface area contributed by atoms with Gasteiger partial charge in [-0.3, -0.25) is 14.4 Å². The normalized spacial score (nSPS) is 32.5. The summed E-state index contributed by atoms with van der Waals surface area (Å²) in [4.78, 5) is 47.3. The summed E-state index contributed by atoms with van der Waals surface area (Å²) >= 11 is 0. The van der Waals surface area contributed by atoms with Crippen LogP contribution in [0.25, 0.3) is 0 Å². The molecule has 3 rings (SSSR count). The Labute approximate surface area is 216 Å². The van der Waals surface area contributed by atoms with Crippen LogP contribution in [0.5, 0.6) is 0 Å².